The van der Waals surface area contributed by atoms with Crippen LogP contribution in [0.2, 0.25) is 0 Å². The van der Waals surface area contributed by atoms with Gasteiger partial charge in [-0.15, -0.1) is 0 Å². The summed E-state index contributed by atoms with van der Waals surface area (Å²) >= 11 is 0. The van der Waals surface area contributed by atoms with Crippen molar-refractivity contribution in [3.63, 3.8) is 0 Å². The van der Waals surface area contributed by atoms with E-state index < -0.39 is 23.9 Å². The van der Waals surface area contributed by atoms with Crippen LogP contribution >= 0.6 is 0 Å². The lowest BCUT2D eigenvalue weighted by molar-refractivity contribution is -0.139. The third-order valence-corrected chi connectivity index (χ3v) is 2.74. The summed E-state index contributed by atoms with van der Waals surface area (Å²) in [4.78, 5) is 23.0. The number of aliphatic carboxylic acids is 1. The largest absolute Gasteiger partial charge is 0.479 e. The highest BCUT2D eigenvalue weighted by Gasteiger charge is 2.21. The molecule has 0 aliphatic heterocycles. The summed E-state index contributed by atoms with van der Waals surface area (Å²) in [7, 11) is 0. The van der Waals surface area contributed by atoms with Crippen molar-refractivity contribution in [2.45, 2.75) is 6.04 Å². The number of carboxylic acids is 1. The predicted molar refractivity (Wildman–Crippen MR) is 75.4 cm³/mol. The van der Waals surface area contributed by atoms with Crippen molar-refractivity contribution < 1.29 is 19.1 Å². The molecule has 0 unspecified atom stereocenters. The lowest BCUT2D eigenvalue weighted by Gasteiger charge is -2.15. The van der Waals surface area contributed by atoms with E-state index in [1.807, 2.05) is 0 Å². The zero-order chi connectivity index (χ0) is 15.2. The number of halogens is 1. The number of nitrogens with one attached hydrogen (secondary N) is 2. The molecule has 21 heavy (non-hydrogen) atoms. The molecule has 2 amide bonds. The molecule has 5 nitrogen and oxygen atoms in total. The van der Waals surface area contributed by atoms with Crippen molar-refractivity contribution >= 4 is 17.7 Å². The Hall–Kier alpha value is -2.89. The second-order valence-corrected chi connectivity index (χ2v) is 4.29. The molecule has 2 aromatic carbocycles. The van der Waals surface area contributed by atoms with Crippen LogP contribution in [0, 0.1) is 5.82 Å². The van der Waals surface area contributed by atoms with Gasteiger partial charge in [-0.2, -0.15) is 0 Å². The van der Waals surface area contributed by atoms with Gasteiger partial charge in [-0.3, -0.25) is 0 Å². The Morgan fingerprint density at radius 2 is 1.76 bits per heavy atom. The van der Waals surface area contributed by atoms with Crippen molar-refractivity contribution in [3.8, 4) is 0 Å². The van der Waals surface area contributed by atoms with E-state index in [4.69, 9.17) is 0 Å². The van der Waals surface area contributed by atoms with Crippen LogP contribution in [0.25, 0.3) is 0 Å². The van der Waals surface area contributed by atoms with Crippen LogP contribution in [0.3, 0.4) is 0 Å². The van der Waals surface area contributed by atoms with Crippen LogP contribution in [-0.4, -0.2) is 17.1 Å². The van der Waals surface area contributed by atoms with Gasteiger partial charge in [-0.1, -0.05) is 36.4 Å². The highest BCUT2D eigenvalue weighted by molar-refractivity contribution is 5.92. The molecule has 2 rings (SSSR count). The van der Waals surface area contributed by atoms with E-state index >= 15 is 0 Å². The number of urea groups is 1. The number of benzene rings is 2. The van der Waals surface area contributed by atoms with Crippen LogP contribution in [-0.2, 0) is 4.79 Å². The minimum atomic E-state index is -1.18. The van der Waals surface area contributed by atoms with E-state index in [-0.39, 0.29) is 5.69 Å². The number of hydrogen-bond acceptors (Lipinski definition) is 2. The lowest BCUT2D eigenvalue weighted by atomic mass is 10.1. The first-order valence-corrected chi connectivity index (χ1v) is 6.17. The Kier molecular flexibility index (Phi) is 4.50. The quantitative estimate of drug-likeness (QED) is 0.809. The number of carbonyl (C=O) groups is 2. The monoisotopic (exact) mass is 288 g/mol. The summed E-state index contributed by atoms with van der Waals surface area (Å²) in [6, 6.07) is 11.7. The summed E-state index contributed by atoms with van der Waals surface area (Å²) in [5.74, 6) is -1.68. The van der Waals surface area contributed by atoms with Crippen LogP contribution in [0.15, 0.2) is 54.6 Å². The average Bonchev–Trinajstić information content (AvgIpc) is 2.45. The Labute approximate surface area is 120 Å². The fraction of sp³-hybridized carbons (Fsp3) is 0.0667. The molecule has 0 aliphatic carbocycles. The molecule has 3 N–H and O–H groups in total. The number of hydrogen-bond donors (Lipinski definition) is 3. The third-order valence-electron chi connectivity index (χ3n) is 2.74. The molecular weight excluding hydrogens is 275 g/mol. The number of carboxylic acid groups (broad SMARTS) is 1. The maximum Gasteiger partial charge on any atom is 0.330 e. The van der Waals surface area contributed by atoms with E-state index in [2.05, 4.69) is 10.6 Å². The zero-order valence-corrected chi connectivity index (χ0v) is 10.9. The minimum Gasteiger partial charge on any atom is -0.479 e. The van der Waals surface area contributed by atoms with Gasteiger partial charge in [-0.05, 0) is 23.8 Å². The van der Waals surface area contributed by atoms with Crippen molar-refractivity contribution in [1.82, 2.24) is 5.32 Å². The number of carbonyl (C=O) groups excluding carboxylic acids is 1. The standard InChI is InChI=1S/C15H13FN2O3/c16-11-7-4-8-12(9-11)17-15(21)18-13(14(19)20)10-5-2-1-3-6-10/h1-9,13H,(H,19,20)(H2,17,18,21)/t13-/m0/s1. The first-order valence-electron chi connectivity index (χ1n) is 6.17. The smallest absolute Gasteiger partial charge is 0.330 e. The fourth-order valence-corrected chi connectivity index (χ4v) is 1.80. The van der Waals surface area contributed by atoms with E-state index in [1.54, 1.807) is 30.3 Å². The molecule has 0 bridgehead atoms. The number of rotatable bonds is 4. The van der Waals surface area contributed by atoms with Crippen LogP contribution in [0.4, 0.5) is 14.9 Å². The van der Waals surface area contributed by atoms with Gasteiger partial charge in [0.15, 0.2) is 6.04 Å². The van der Waals surface area contributed by atoms with Gasteiger partial charge in [0.2, 0.25) is 0 Å². The molecular formula is C15H13FN2O3. The third kappa shape index (κ3) is 4.04. The molecule has 1 atom stereocenters. The summed E-state index contributed by atoms with van der Waals surface area (Å²) in [6.45, 7) is 0. The first-order chi connectivity index (χ1) is 10.1. The van der Waals surface area contributed by atoms with E-state index in [0.717, 1.165) is 6.07 Å². The highest BCUT2D eigenvalue weighted by Crippen LogP contribution is 2.14. The molecule has 0 heterocycles. The Balaban J connectivity index is 2.07. The molecule has 0 saturated carbocycles. The first kappa shape index (κ1) is 14.5. The zero-order valence-electron chi connectivity index (χ0n) is 10.9. The number of amides is 2. The fourth-order valence-electron chi connectivity index (χ4n) is 1.80. The van der Waals surface area contributed by atoms with Gasteiger partial charge < -0.3 is 15.7 Å². The van der Waals surface area contributed by atoms with Gasteiger partial charge in [0.05, 0.1) is 0 Å². The summed E-state index contributed by atoms with van der Waals surface area (Å²) in [6.07, 6.45) is 0. The summed E-state index contributed by atoms with van der Waals surface area (Å²) in [5.41, 5.74) is 0.684. The molecule has 2 aromatic rings. The van der Waals surface area contributed by atoms with Crippen molar-refractivity contribution in [3.05, 3.63) is 66.0 Å². The van der Waals surface area contributed by atoms with Gasteiger partial charge in [0.1, 0.15) is 5.82 Å². The lowest BCUT2D eigenvalue weighted by Crippen LogP contribution is -2.36. The van der Waals surface area contributed by atoms with Crippen molar-refractivity contribution in [1.29, 1.82) is 0 Å². The van der Waals surface area contributed by atoms with Crippen LogP contribution in [0.5, 0.6) is 0 Å². The summed E-state index contributed by atoms with van der Waals surface area (Å²) < 4.78 is 13.0. The van der Waals surface area contributed by atoms with E-state index in [1.165, 1.54) is 18.2 Å². The van der Waals surface area contributed by atoms with Crippen molar-refractivity contribution in [2.24, 2.45) is 0 Å². The maximum absolute atomic E-state index is 13.0. The van der Waals surface area contributed by atoms with Crippen LogP contribution in [0.1, 0.15) is 11.6 Å². The molecule has 0 spiro atoms. The van der Waals surface area contributed by atoms with E-state index in [9.17, 15) is 19.1 Å². The van der Waals surface area contributed by atoms with Crippen LogP contribution < -0.4 is 10.6 Å². The minimum absolute atomic E-state index is 0.240. The SMILES string of the molecule is O=C(Nc1cccc(F)c1)N[C@H](C(=O)O)c1ccccc1. The molecule has 6 heteroatoms. The predicted octanol–water partition coefficient (Wildman–Crippen LogP) is 2.77. The number of anilines is 1. The Morgan fingerprint density at radius 3 is 2.38 bits per heavy atom. The van der Waals surface area contributed by atoms with Gasteiger partial charge >= 0.3 is 12.0 Å². The molecule has 0 radical (unpaired) electrons. The molecule has 0 fully saturated rings. The molecule has 0 saturated heterocycles. The molecule has 108 valence electrons. The topological polar surface area (TPSA) is 78.4 Å². The normalized spacial score (nSPS) is 11.5. The maximum atomic E-state index is 13.0. The average molecular weight is 288 g/mol. The van der Waals surface area contributed by atoms with Gasteiger partial charge in [0.25, 0.3) is 0 Å². The molecule has 0 aliphatic rings. The van der Waals surface area contributed by atoms with Crippen molar-refractivity contribution in [2.75, 3.05) is 5.32 Å². The summed E-state index contributed by atoms with van der Waals surface area (Å²) in [5, 5.41) is 13.9. The second-order valence-electron chi connectivity index (χ2n) is 4.29. The Bertz CT molecular complexity index is 646. The molecule has 0 aromatic heterocycles. The second kappa shape index (κ2) is 6.51. The Morgan fingerprint density at radius 1 is 1.05 bits per heavy atom. The van der Waals surface area contributed by atoms with Gasteiger partial charge in [-0.25, -0.2) is 14.0 Å². The highest BCUT2D eigenvalue weighted by atomic mass is 19.1. The van der Waals surface area contributed by atoms with Gasteiger partial charge in [0, 0.05) is 5.69 Å². The van der Waals surface area contributed by atoms with E-state index in [0.29, 0.717) is 5.56 Å².